The highest BCUT2D eigenvalue weighted by atomic mass is 16.3. The highest BCUT2D eigenvalue weighted by molar-refractivity contribution is 5.48. The summed E-state index contributed by atoms with van der Waals surface area (Å²) in [7, 11) is 0. The van der Waals surface area contributed by atoms with Gasteiger partial charge in [0, 0.05) is 38.8 Å². The Morgan fingerprint density at radius 1 is 1.25 bits per heavy atom. The minimum absolute atomic E-state index is 0.235. The van der Waals surface area contributed by atoms with Gasteiger partial charge >= 0.3 is 0 Å². The van der Waals surface area contributed by atoms with Crippen LogP contribution in [0.4, 0.5) is 11.6 Å². The van der Waals surface area contributed by atoms with Crippen molar-refractivity contribution in [3.8, 4) is 0 Å². The highest BCUT2D eigenvalue weighted by Gasteiger charge is 2.15. The number of β-amino-alcohol motifs (C(OH)–C–C–N with tert-alkyl or cyclic N) is 1. The molecule has 0 bridgehead atoms. The predicted molar refractivity (Wildman–Crippen MR) is 81.2 cm³/mol. The van der Waals surface area contributed by atoms with E-state index in [1.165, 1.54) is 0 Å². The minimum Gasteiger partial charge on any atom is -0.395 e. The van der Waals surface area contributed by atoms with Crippen molar-refractivity contribution < 1.29 is 5.11 Å². The number of aliphatic hydroxyl groups excluding tert-OH is 1. The summed E-state index contributed by atoms with van der Waals surface area (Å²) < 4.78 is 0. The van der Waals surface area contributed by atoms with Gasteiger partial charge in [-0.2, -0.15) is 0 Å². The fraction of sp³-hybridized carbons (Fsp3) is 0.714. The van der Waals surface area contributed by atoms with Crippen molar-refractivity contribution in [1.29, 1.82) is 0 Å². The van der Waals surface area contributed by atoms with E-state index < -0.39 is 0 Å². The average molecular weight is 279 g/mol. The predicted octanol–water partition coefficient (Wildman–Crippen LogP) is 0.803. The Hall–Kier alpha value is -1.40. The van der Waals surface area contributed by atoms with Crippen LogP contribution in [-0.4, -0.2) is 65.8 Å². The molecule has 2 heterocycles. The molecule has 112 valence electrons. The smallest absolute Gasteiger partial charge is 0.134 e. The lowest BCUT2D eigenvalue weighted by molar-refractivity contribution is 0.204. The third-order valence-electron chi connectivity index (χ3n) is 3.54. The monoisotopic (exact) mass is 279 g/mol. The van der Waals surface area contributed by atoms with E-state index in [1.807, 2.05) is 6.07 Å². The molecule has 2 rings (SSSR count). The van der Waals surface area contributed by atoms with Crippen LogP contribution in [-0.2, 0) is 0 Å². The highest BCUT2D eigenvalue weighted by Crippen LogP contribution is 2.16. The first-order valence-electron chi connectivity index (χ1n) is 7.47. The number of hydrogen-bond acceptors (Lipinski definition) is 6. The molecule has 2 N–H and O–H groups in total. The number of aliphatic hydroxyl groups is 1. The average Bonchev–Trinajstić information content (AvgIpc) is 2.72. The van der Waals surface area contributed by atoms with E-state index in [-0.39, 0.29) is 6.61 Å². The largest absolute Gasteiger partial charge is 0.395 e. The van der Waals surface area contributed by atoms with Gasteiger partial charge in [-0.3, -0.25) is 4.90 Å². The number of aromatic nitrogens is 2. The zero-order chi connectivity index (χ0) is 14.2. The number of nitrogens with zero attached hydrogens (tertiary/aromatic N) is 4. The standard InChI is InChI=1S/C14H25N5O/c1-2-4-15-13-11-14(17-12-16-13)19-6-3-5-18(7-8-19)9-10-20/h11-12,20H,2-10H2,1H3,(H,15,16,17). The normalized spacial score (nSPS) is 17.0. The van der Waals surface area contributed by atoms with Gasteiger partial charge in [0.05, 0.1) is 6.61 Å². The zero-order valence-corrected chi connectivity index (χ0v) is 12.3. The molecule has 1 aromatic rings. The number of anilines is 2. The van der Waals surface area contributed by atoms with E-state index >= 15 is 0 Å². The van der Waals surface area contributed by atoms with Crippen LogP contribution in [0.2, 0.25) is 0 Å². The summed E-state index contributed by atoms with van der Waals surface area (Å²) in [6, 6.07) is 2.03. The summed E-state index contributed by atoms with van der Waals surface area (Å²) >= 11 is 0. The summed E-state index contributed by atoms with van der Waals surface area (Å²) in [6.07, 6.45) is 3.81. The van der Waals surface area contributed by atoms with Gasteiger partial charge in [0.25, 0.3) is 0 Å². The number of nitrogens with one attached hydrogen (secondary N) is 1. The van der Waals surface area contributed by atoms with Crippen LogP contribution in [0.1, 0.15) is 19.8 Å². The second-order valence-corrected chi connectivity index (χ2v) is 5.09. The molecule has 20 heavy (non-hydrogen) atoms. The van der Waals surface area contributed by atoms with Gasteiger partial charge in [0.2, 0.25) is 0 Å². The first kappa shape index (κ1) is 15.0. The van der Waals surface area contributed by atoms with Gasteiger partial charge in [0.15, 0.2) is 0 Å². The quantitative estimate of drug-likeness (QED) is 0.803. The van der Waals surface area contributed by atoms with Crippen LogP contribution in [0.15, 0.2) is 12.4 Å². The van der Waals surface area contributed by atoms with E-state index in [4.69, 9.17) is 5.11 Å². The molecule has 0 unspecified atom stereocenters. The molecule has 1 aliphatic rings. The van der Waals surface area contributed by atoms with Crippen LogP contribution in [0.3, 0.4) is 0 Å². The number of rotatable bonds is 6. The van der Waals surface area contributed by atoms with Gasteiger partial charge < -0.3 is 15.3 Å². The lowest BCUT2D eigenvalue weighted by Crippen LogP contribution is -2.32. The van der Waals surface area contributed by atoms with Crippen molar-refractivity contribution in [2.45, 2.75) is 19.8 Å². The molecule has 1 aliphatic heterocycles. The molecule has 0 radical (unpaired) electrons. The maximum atomic E-state index is 9.03. The molecule has 0 aliphatic carbocycles. The second-order valence-electron chi connectivity index (χ2n) is 5.09. The SMILES string of the molecule is CCCNc1cc(N2CCCN(CCO)CC2)ncn1. The van der Waals surface area contributed by atoms with Crippen LogP contribution in [0.25, 0.3) is 0 Å². The molecule has 6 heteroatoms. The third kappa shape index (κ3) is 4.31. The van der Waals surface area contributed by atoms with Crippen molar-refractivity contribution in [3.63, 3.8) is 0 Å². The zero-order valence-electron chi connectivity index (χ0n) is 12.3. The van der Waals surface area contributed by atoms with Crippen molar-refractivity contribution in [3.05, 3.63) is 12.4 Å². The van der Waals surface area contributed by atoms with Crippen LogP contribution in [0, 0.1) is 0 Å². The second kappa shape index (κ2) is 8.01. The van der Waals surface area contributed by atoms with Gasteiger partial charge in [-0.1, -0.05) is 6.92 Å². The molecule has 0 saturated carbocycles. The Morgan fingerprint density at radius 2 is 2.15 bits per heavy atom. The summed E-state index contributed by atoms with van der Waals surface area (Å²) in [5, 5.41) is 12.3. The molecule has 0 aromatic carbocycles. The van der Waals surface area contributed by atoms with Gasteiger partial charge in [-0.05, 0) is 19.4 Å². The van der Waals surface area contributed by atoms with Crippen molar-refractivity contribution >= 4 is 11.6 Å². The molecule has 0 spiro atoms. The fourth-order valence-corrected chi connectivity index (χ4v) is 2.43. The molecule has 1 aromatic heterocycles. The van der Waals surface area contributed by atoms with Crippen molar-refractivity contribution in [2.75, 3.05) is 56.1 Å². The molecular weight excluding hydrogens is 254 g/mol. The maximum Gasteiger partial charge on any atom is 0.134 e. The minimum atomic E-state index is 0.235. The van der Waals surface area contributed by atoms with E-state index in [1.54, 1.807) is 6.33 Å². The first-order chi connectivity index (χ1) is 9.83. The molecule has 6 nitrogen and oxygen atoms in total. The van der Waals surface area contributed by atoms with Crippen molar-refractivity contribution in [2.24, 2.45) is 0 Å². The van der Waals surface area contributed by atoms with Crippen molar-refractivity contribution in [1.82, 2.24) is 14.9 Å². The topological polar surface area (TPSA) is 64.5 Å². The van der Waals surface area contributed by atoms with E-state index in [0.29, 0.717) is 0 Å². The Bertz CT molecular complexity index is 401. The van der Waals surface area contributed by atoms with Gasteiger partial charge in [-0.15, -0.1) is 0 Å². The Morgan fingerprint density at radius 3 is 2.95 bits per heavy atom. The van der Waals surface area contributed by atoms with Gasteiger partial charge in [0.1, 0.15) is 18.0 Å². The number of hydrogen-bond donors (Lipinski definition) is 2. The third-order valence-corrected chi connectivity index (χ3v) is 3.54. The lowest BCUT2D eigenvalue weighted by Gasteiger charge is -2.22. The van der Waals surface area contributed by atoms with E-state index in [9.17, 15) is 0 Å². The summed E-state index contributed by atoms with van der Waals surface area (Å²) in [5.74, 6) is 1.89. The van der Waals surface area contributed by atoms with Crippen LogP contribution in [0.5, 0.6) is 0 Å². The summed E-state index contributed by atoms with van der Waals surface area (Å²) in [5.41, 5.74) is 0. The Labute approximate surface area is 120 Å². The maximum absolute atomic E-state index is 9.03. The van der Waals surface area contributed by atoms with Crippen LogP contribution >= 0.6 is 0 Å². The molecule has 1 saturated heterocycles. The molecular formula is C14H25N5O. The Balaban J connectivity index is 1.96. The molecule has 0 amide bonds. The van der Waals surface area contributed by atoms with E-state index in [0.717, 1.165) is 63.7 Å². The van der Waals surface area contributed by atoms with Crippen LogP contribution < -0.4 is 10.2 Å². The fourth-order valence-electron chi connectivity index (χ4n) is 2.43. The summed E-state index contributed by atoms with van der Waals surface area (Å²) in [4.78, 5) is 13.2. The summed E-state index contributed by atoms with van der Waals surface area (Å²) in [6.45, 7) is 8.04. The lowest BCUT2D eigenvalue weighted by atomic mass is 10.3. The van der Waals surface area contributed by atoms with Gasteiger partial charge in [-0.25, -0.2) is 9.97 Å². The molecule has 0 atom stereocenters. The van der Waals surface area contributed by atoms with E-state index in [2.05, 4.69) is 32.0 Å². The Kier molecular flexibility index (Phi) is 6.01. The molecule has 1 fully saturated rings. The first-order valence-corrected chi connectivity index (χ1v) is 7.47.